The molecule has 0 aromatic heterocycles. The lowest BCUT2D eigenvalue weighted by atomic mass is 10.2. The molecule has 0 aliphatic carbocycles. The highest BCUT2D eigenvalue weighted by molar-refractivity contribution is 7.91. The van der Waals surface area contributed by atoms with E-state index in [9.17, 15) is 13.2 Å². The Kier molecular flexibility index (Phi) is 5.94. The molecule has 0 heterocycles. The lowest BCUT2D eigenvalue weighted by Crippen LogP contribution is -2.14. The molecule has 0 spiro atoms. The van der Waals surface area contributed by atoms with Crippen molar-refractivity contribution in [1.29, 1.82) is 0 Å². The molecule has 0 amide bonds. The lowest BCUT2D eigenvalue weighted by Gasteiger charge is -2.06. The average molecular weight is 288 g/mol. The number of carbonyl (C=O) groups is 1. The minimum atomic E-state index is -3.55. The molecular formula is C12H16O6S. The second-order valence-corrected chi connectivity index (χ2v) is 5.95. The molecule has 106 valence electrons. The first-order chi connectivity index (χ1) is 8.97. The molecule has 0 bridgehead atoms. The summed E-state index contributed by atoms with van der Waals surface area (Å²) >= 11 is 0. The van der Waals surface area contributed by atoms with Gasteiger partial charge in [0.05, 0.1) is 22.8 Å². The van der Waals surface area contributed by atoms with Crippen LogP contribution in [0, 0.1) is 0 Å². The first-order valence-corrected chi connectivity index (χ1v) is 7.37. The molecule has 0 aliphatic rings. The van der Waals surface area contributed by atoms with Crippen LogP contribution in [0.15, 0.2) is 29.2 Å². The number of sulfone groups is 1. The van der Waals surface area contributed by atoms with Crippen molar-refractivity contribution in [3.8, 4) is 0 Å². The quantitative estimate of drug-likeness (QED) is 0.678. The summed E-state index contributed by atoms with van der Waals surface area (Å²) in [6, 6.07) is 5.21. The molecule has 0 aliphatic heterocycles. The number of hydrogen-bond acceptors (Lipinski definition) is 5. The van der Waals surface area contributed by atoms with E-state index < -0.39 is 15.8 Å². The third-order valence-electron chi connectivity index (χ3n) is 2.38. The van der Waals surface area contributed by atoms with Crippen LogP contribution in [0.3, 0.4) is 0 Å². The Hall–Kier alpha value is -1.44. The summed E-state index contributed by atoms with van der Waals surface area (Å²) in [5, 5.41) is 17.3. The van der Waals surface area contributed by atoms with Crippen LogP contribution in [0.1, 0.15) is 16.8 Å². The molecule has 0 fully saturated rings. The average Bonchev–Trinajstić information content (AvgIpc) is 2.38. The van der Waals surface area contributed by atoms with Gasteiger partial charge in [-0.1, -0.05) is 6.07 Å². The van der Waals surface area contributed by atoms with E-state index in [1.807, 2.05) is 0 Å². The lowest BCUT2D eigenvalue weighted by molar-refractivity contribution is 0.0696. The molecule has 2 N–H and O–H groups in total. The molecular weight excluding hydrogens is 272 g/mol. The van der Waals surface area contributed by atoms with Gasteiger partial charge in [-0.25, -0.2) is 13.2 Å². The van der Waals surface area contributed by atoms with Crippen molar-refractivity contribution in [2.24, 2.45) is 0 Å². The van der Waals surface area contributed by atoms with E-state index in [2.05, 4.69) is 0 Å². The van der Waals surface area contributed by atoms with Gasteiger partial charge in [-0.05, 0) is 24.6 Å². The fourth-order valence-corrected chi connectivity index (χ4v) is 2.54. The fourth-order valence-electron chi connectivity index (χ4n) is 1.38. The van der Waals surface area contributed by atoms with Gasteiger partial charge >= 0.3 is 5.97 Å². The second kappa shape index (κ2) is 7.22. The summed E-state index contributed by atoms with van der Waals surface area (Å²) in [7, 11) is -3.55. The molecule has 0 saturated heterocycles. The predicted octanol–water partition coefficient (Wildman–Crippen LogP) is 0.557. The summed E-state index contributed by atoms with van der Waals surface area (Å²) < 4.78 is 28.9. The summed E-state index contributed by atoms with van der Waals surface area (Å²) in [4.78, 5) is 10.7. The SMILES string of the molecule is O=C(O)c1cccc(S(=O)(=O)CCOCCCO)c1. The van der Waals surface area contributed by atoms with Crippen LogP contribution in [-0.4, -0.2) is 50.2 Å². The van der Waals surface area contributed by atoms with Crippen LogP contribution < -0.4 is 0 Å². The maximum atomic E-state index is 11.9. The normalized spacial score (nSPS) is 11.4. The molecule has 1 aromatic carbocycles. The van der Waals surface area contributed by atoms with Crippen molar-refractivity contribution in [3.05, 3.63) is 29.8 Å². The number of hydrogen-bond donors (Lipinski definition) is 2. The van der Waals surface area contributed by atoms with E-state index in [0.717, 1.165) is 6.07 Å². The highest BCUT2D eigenvalue weighted by Crippen LogP contribution is 2.13. The van der Waals surface area contributed by atoms with Gasteiger partial charge in [0.2, 0.25) is 0 Å². The van der Waals surface area contributed by atoms with Gasteiger partial charge in [0, 0.05) is 13.2 Å². The molecule has 7 heteroatoms. The van der Waals surface area contributed by atoms with Crippen LogP contribution in [0.4, 0.5) is 0 Å². The summed E-state index contributed by atoms with van der Waals surface area (Å²) in [5.74, 6) is -1.39. The highest BCUT2D eigenvalue weighted by Gasteiger charge is 2.16. The number of aromatic carboxylic acids is 1. The Morgan fingerprint density at radius 3 is 2.63 bits per heavy atom. The van der Waals surface area contributed by atoms with Crippen LogP contribution in [-0.2, 0) is 14.6 Å². The van der Waals surface area contributed by atoms with Crippen LogP contribution in [0.25, 0.3) is 0 Å². The molecule has 19 heavy (non-hydrogen) atoms. The third kappa shape index (κ3) is 4.98. The number of aliphatic hydroxyl groups excluding tert-OH is 1. The van der Waals surface area contributed by atoms with Crippen molar-refractivity contribution in [2.45, 2.75) is 11.3 Å². The van der Waals surface area contributed by atoms with Gasteiger partial charge in [-0.2, -0.15) is 0 Å². The molecule has 0 radical (unpaired) electrons. The van der Waals surface area contributed by atoms with Crippen LogP contribution >= 0.6 is 0 Å². The first-order valence-electron chi connectivity index (χ1n) is 5.72. The molecule has 0 unspecified atom stereocenters. The zero-order valence-electron chi connectivity index (χ0n) is 10.3. The van der Waals surface area contributed by atoms with Gasteiger partial charge in [0.25, 0.3) is 0 Å². The first kappa shape index (κ1) is 15.6. The van der Waals surface area contributed by atoms with Crippen molar-refractivity contribution < 1.29 is 28.2 Å². The topological polar surface area (TPSA) is 101 Å². The predicted molar refractivity (Wildman–Crippen MR) is 68.0 cm³/mol. The second-order valence-electron chi connectivity index (χ2n) is 3.84. The largest absolute Gasteiger partial charge is 0.478 e. The number of benzene rings is 1. The van der Waals surface area contributed by atoms with E-state index >= 15 is 0 Å². The summed E-state index contributed by atoms with van der Waals surface area (Å²) in [5.41, 5.74) is -0.0673. The Bertz CT molecular complexity index is 523. The van der Waals surface area contributed by atoms with Gasteiger partial charge < -0.3 is 14.9 Å². The van der Waals surface area contributed by atoms with E-state index in [1.165, 1.54) is 18.2 Å². The number of carboxylic acids is 1. The van der Waals surface area contributed by atoms with Crippen LogP contribution in [0.5, 0.6) is 0 Å². The van der Waals surface area contributed by atoms with Crippen LogP contribution in [0.2, 0.25) is 0 Å². The number of rotatable bonds is 8. The van der Waals surface area contributed by atoms with E-state index in [-0.39, 0.29) is 29.4 Å². The van der Waals surface area contributed by atoms with Crippen molar-refractivity contribution in [1.82, 2.24) is 0 Å². The molecule has 0 saturated carbocycles. The monoisotopic (exact) mass is 288 g/mol. The minimum absolute atomic E-state index is 0.00654. The zero-order valence-corrected chi connectivity index (χ0v) is 11.1. The smallest absolute Gasteiger partial charge is 0.335 e. The van der Waals surface area contributed by atoms with E-state index in [0.29, 0.717) is 13.0 Å². The van der Waals surface area contributed by atoms with Gasteiger partial charge in [0.1, 0.15) is 0 Å². The van der Waals surface area contributed by atoms with Gasteiger partial charge in [-0.15, -0.1) is 0 Å². The van der Waals surface area contributed by atoms with E-state index in [4.69, 9.17) is 14.9 Å². The van der Waals surface area contributed by atoms with Crippen molar-refractivity contribution in [2.75, 3.05) is 25.6 Å². The Labute approximate surface area is 111 Å². The molecule has 1 rings (SSSR count). The van der Waals surface area contributed by atoms with Crippen molar-refractivity contribution >= 4 is 15.8 Å². The number of carboxylic acid groups (broad SMARTS) is 1. The maximum absolute atomic E-state index is 11.9. The maximum Gasteiger partial charge on any atom is 0.335 e. The Morgan fingerprint density at radius 1 is 1.26 bits per heavy atom. The Balaban J connectivity index is 2.66. The van der Waals surface area contributed by atoms with Gasteiger partial charge in [0.15, 0.2) is 9.84 Å². The van der Waals surface area contributed by atoms with E-state index in [1.54, 1.807) is 0 Å². The number of aliphatic hydroxyl groups is 1. The molecule has 6 nitrogen and oxygen atoms in total. The summed E-state index contributed by atoms with van der Waals surface area (Å²) in [6.45, 7) is 0.300. The standard InChI is InChI=1S/C12H16O6S/c13-5-2-6-18-7-8-19(16,17)11-4-1-3-10(9-11)12(14)15/h1,3-4,9,13H,2,5-8H2,(H,14,15). The molecule has 0 atom stereocenters. The van der Waals surface area contributed by atoms with Crippen molar-refractivity contribution in [3.63, 3.8) is 0 Å². The number of ether oxygens (including phenoxy) is 1. The fraction of sp³-hybridized carbons (Fsp3) is 0.417. The molecule has 1 aromatic rings. The highest BCUT2D eigenvalue weighted by atomic mass is 32.2. The Morgan fingerprint density at radius 2 is 2.00 bits per heavy atom. The minimum Gasteiger partial charge on any atom is -0.478 e. The third-order valence-corrected chi connectivity index (χ3v) is 4.06. The van der Waals surface area contributed by atoms with Gasteiger partial charge in [-0.3, -0.25) is 0 Å². The summed E-state index contributed by atoms with van der Waals surface area (Å²) in [6.07, 6.45) is 0.453. The zero-order chi connectivity index (χ0) is 14.3.